The number of fused-ring (bicyclic) bond motifs is 1. The fraction of sp³-hybridized carbons (Fsp3) is 0.357. The molecule has 1 saturated heterocycles. The monoisotopic (exact) mass is 273 g/mol. The first kappa shape index (κ1) is 12.7. The van der Waals surface area contributed by atoms with Crippen molar-refractivity contribution in [1.29, 1.82) is 0 Å². The van der Waals surface area contributed by atoms with Gasteiger partial charge in [-0.1, -0.05) is 0 Å². The van der Waals surface area contributed by atoms with E-state index in [1.807, 2.05) is 11.5 Å². The van der Waals surface area contributed by atoms with E-state index >= 15 is 0 Å². The number of aromatic nitrogens is 2. The number of hydrogen-bond acceptors (Lipinski definition) is 3. The molecule has 1 aliphatic rings. The predicted molar refractivity (Wildman–Crippen MR) is 72.7 cm³/mol. The van der Waals surface area contributed by atoms with Gasteiger partial charge in [-0.25, -0.2) is 9.78 Å². The number of aromatic carboxylic acids is 1. The summed E-state index contributed by atoms with van der Waals surface area (Å²) in [7, 11) is 1.78. The highest BCUT2D eigenvalue weighted by Gasteiger charge is 2.32. The SMILES string of the molecule is Cc1nc2ccc(C(=O)O)cc2n1C1CCN(C)C1=O. The van der Waals surface area contributed by atoms with Crippen LogP contribution in [0.4, 0.5) is 0 Å². The van der Waals surface area contributed by atoms with E-state index in [1.165, 1.54) is 6.07 Å². The molecule has 2 heterocycles. The summed E-state index contributed by atoms with van der Waals surface area (Å²) in [5, 5.41) is 9.10. The Morgan fingerprint density at radius 1 is 1.45 bits per heavy atom. The number of carbonyl (C=O) groups is 2. The summed E-state index contributed by atoms with van der Waals surface area (Å²) in [6, 6.07) is 4.52. The molecule has 6 heteroatoms. The van der Waals surface area contributed by atoms with Crippen molar-refractivity contribution in [1.82, 2.24) is 14.5 Å². The Hall–Kier alpha value is -2.37. The second kappa shape index (κ2) is 4.33. The molecule has 1 aromatic heterocycles. The molecule has 0 bridgehead atoms. The molecule has 1 unspecified atom stereocenters. The first-order valence-corrected chi connectivity index (χ1v) is 6.46. The Bertz CT molecular complexity index is 720. The van der Waals surface area contributed by atoms with E-state index in [2.05, 4.69) is 4.98 Å². The van der Waals surface area contributed by atoms with E-state index in [4.69, 9.17) is 5.11 Å². The van der Waals surface area contributed by atoms with Crippen LogP contribution in [-0.4, -0.2) is 45.0 Å². The number of carboxylic acids is 1. The third-order valence-electron chi connectivity index (χ3n) is 3.82. The minimum absolute atomic E-state index is 0.0492. The van der Waals surface area contributed by atoms with Crippen LogP contribution in [0.5, 0.6) is 0 Å². The number of nitrogens with zero attached hydrogens (tertiary/aromatic N) is 3. The third kappa shape index (κ3) is 1.76. The van der Waals surface area contributed by atoms with Gasteiger partial charge < -0.3 is 14.6 Å². The predicted octanol–water partition coefficient (Wildman–Crippen LogP) is 1.45. The second-order valence-corrected chi connectivity index (χ2v) is 5.10. The zero-order chi connectivity index (χ0) is 14.4. The van der Waals surface area contributed by atoms with Gasteiger partial charge in [0.15, 0.2) is 0 Å². The molecule has 1 atom stereocenters. The van der Waals surface area contributed by atoms with Gasteiger partial charge in [-0.3, -0.25) is 4.79 Å². The van der Waals surface area contributed by atoms with E-state index in [0.29, 0.717) is 12.1 Å². The number of likely N-dealkylation sites (tertiary alicyclic amines) is 1. The Morgan fingerprint density at radius 2 is 2.20 bits per heavy atom. The highest BCUT2D eigenvalue weighted by molar-refractivity contribution is 5.93. The average Bonchev–Trinajstić information content (AvgIpc) is 2.89. The summed E-state index contributed by atoms with van der Waals surface area (Å²) >= 11 is 0. The van der Waals surface area contributed by atoms with E-state index in [-0.39, 0.29) is 17.5 Å². The van der Waals surface area contributed by atoms with E-state index in [0.717, 1.165) is 17.8 Å². The molecule has 20 heavy (non-hydrogen) atoms. The smallest absolute Gasteiger partial charge is 0.335 e. The van der Waals surface area contributed by atoms with Crippen LogP contribution in [0.2, 0.25) is 0 Å². The molecule has 0 saturated carbocycles. The molecular formula is C14H15N3O3. The molecular weight excluding hydrogens is 258 g/mol. The van der Waals surface area contributed by atoms with Gasteiger partial charge in [0.1, 0.15) is 11.9 Å². The fourth-order valence-corrected chi connectivity index (χ4v) is 2.78. The van der Waals surface area contributed by atoms with Crippen LogP contribution in [0.1, 0.15) is 28.6 Å². The van der Waals surface area contributed by atoms with Crippen molar-refractivity contribution < 1.29 is 14.7 Å². The van der Waals surface area contributed by atoms with E-state index in [1.54, 1.807) is 24.1 Å². The Labute approximate surface area is 115 Å². The maximum absolute atomic E-state index is 12.2. The van der Waals surface area contributed by atoms with Gasteiger partial charge in [-0.15, -0.1) is 0 Å². The van der Waals surface area contributed by atoms with Crippen LogP contribution in [0.15, 0.2) is 18.2 Å². The standard InChI is InChI=1S/C14H15N3O3/c1-8-15-10-4-3-9(14(19)20)7-12(10)17(8)11-5-6-16(2)13(11)18/h3-4,7,11H,5-6H2,1-2H3,(H,19,20). The van der Waals surface area contributed by atoms with Gasteiger partial charge in [-0.05, 0) is 31.5 Å². The summed E-state index contributed by atoms with van der Waals surface area (Å²) in [5.41, 5.74) is 1.63. The highest BCUT2D eigenvalue weighted by Crippen LogP contribution is 2.28. The summed E-state index contributed by atoms with van der Waals surface area (Å²) in [5.74, 6) is -0.198. The van der Waals surface area contributed by atoms with Crippen LogP contribution in [0.25, 0.3) is 11.0 Å². The topological polar surface area (TPSA) is 75.4 Å². The molecule has 1 N–H and O–H groups in total. The third-order valence-corrected chi connectivity index (χ3v) is 3.82. The molecule has 0 spiro atoms. The lowest BCUT2D eigenvalue weighted by Gasteiger charge is -2.14. The number of likely N-dealkylation sites (N-methyl/N-ethyl adjacent to an activating group) is 1. The Balaban J connectivity index is 2.19. The Kier molecular flexibility index (Phi) is 2.74. The first-order valence-electron chi connectivity index (χ1n) is 6.46. The van der Waals surface area contributed by atoms with E-state index < -0.39 is 5.97 Å². The summed E-state index contributed by atoms with van der Waals surface area (Å²) in [6.07, 6.45) is 0.721. The summed E-state index contributed by atoms with van der Waals surface area (Å²) in [6.45, 7) is 2.55. The van der Waals surface area contributed by atoms with Crippen molar-refractivity contribution in [2.45, 2.75) is 19.4 Å². The molecule has 6 nitrogen and oxygen atoms in total. The van der Waals surface area contributed by atoms with Gasteiger partial charge >= 0.3 is 5.97 Å². The zero-order valence-corrected chi connectivity index (χ0v) is 11.3. The van der Waals surface area contributed by atoms with Crippen molar-refractivity contribution in [3.05, 3.63) is 29.6 Å². The van der Waals surface area contributed by atoms with Crippen molar-refractivity contribution in [2.24, 2.45) is 0 Å². The highest BCUT2D eigenvalue weighted by atomic mass is 16.4. The van der Waals surface area contributed by atoms with Gasteiger partial charge in [0.2, 0.25) is 5.91 Å². The van der Waals surface area contributed by atoms with Crippen LogP contribution < -0.4 is 0 Å². The second-order valence-electron chi connectivity index (χ2n) is 5.10. The molecule has 104 valence electrons. The lowest BCUT2D eigenvalue weighted by Crippen LogP contribution is -2.25. The van der Waals surface area contributed by atoms with Crippen LogP contribution >= 0.6 is 0 Å². The number of aryl methyl sites for hydroxylation is 1. The Morgan fingerprint density at radius 3 is 2.80 bits per heavy atom. The molecule has 1 aliphatic heterocycles. The number of rotatable bonds is 2. The average molecular weight is 273 g/mol. The van der Waals surface area contributed by atoms with Crippen molar-refractivity contribution in [2.75, 3.05) is 13.6 Å². The number of carbonyl (C=O) groups excluding carboxylic acids is 1. The zero-order valence-electron chi connectivity index (χ0n) is 11.3. The largest absolute Gasteiger partial charge is 0.478 e. The van der Waals surface area contributed by atoms with Crippen molar-refractivity contribution >= 4 is 22.9 Å². The summed E-state index contributed by atoms with van der Waals surface area (Å²) < 4.78 is 1.85. The van der Waals surface area contributed by atoms with Crippen molar-refractivity contribution in [3.63, 3.8) is 0 Å². The van der Waals surface area contributed by atoms with Crippen LogP contribution in [-0.2, 0) is 4.79 Å². The minimum atomic E-state index is -0.979. The van der Waals surface area contributed by atoms with Crippen molar-refractivity contribution in [3.8, 4) is 0 Å². The van der Waals surface area contributed by atoms with Gasteiger partial charge in [-0.2, -0.15) is 0 Å². The number of benzene rings is 1. The van der Waals surface area contributed by atoms with Gasteiger partial charge in [0.25, 0.3) is 0 Å². The van der Waals surface area contributed by atoms with Crippen LogP contribution in [0.3, 0.4) is 0 Å². The first-order chi connectivity index (χ1) is 9.49. The quantitative estimate of drug-likeness (QED) is 0.898. The molecule has 0 radical (unpaired) electrons. The number of hydrogen-bond donors (Lipinski definition) is 1. The number of amides is 1. The number of imidazole rings is 1. The fourth-order valence-electron chi connectivity index (χ4n) is 2.78. The van der Waals surface area contributed by atoms with E-state index in [9.17, 15) is 9.59 Å². The van der Waals surface area contributed by atoms with Gasteiger partial charge in [0, 0.05) is 13.6 Å². The molecule has 2 aromatic rings. The maximum atomic E-state index is 12.2. The summed E-state index contributed by atoms with van der Waals surface area (Å²) in [4.78, 5) is 29.4. The molecule has 0 aliphatic carbocycles. The molecule has 1 amide bonds. The molecule has 3 rings (SSSR count). The number of carboxylic acid groups (broad SMARTS) is 1. The maximum Gasteiger partial charge on any atom is 0.335 e. The lowest BCUT2D eigenvalue weighted by molar-refractivity contribution is -0.129. The molecule has 1 aromatic carbocycles. The lowest BCUT2D eigenvalue weighted by atomic mass is 10.2. The normalized spacial score (nSPS) is 19.0. The van der Waals surface area contributed by atoms with Crippen LogP contribution in [0, 0.1) is 6.92 Å². The minimum Gasteiger partial charge on any atom is -0.478 e. The molecule has 1 fully saturated rings. The van der Waals surface area contributed by atoms with Gasteiger partial charge in [0.05, 0.1) is 16.6 Å².